The van der Waals surface area contributed by atoms with E-state index in [1.165, 1.54) is 13.1 Å². The summed E-state index contributed by atoms with van der Waals surface area (Å²) in [5, 5.41) is 10.0. The smallest absolute Gasteiger partial charge is 0.480 e. The highest BCUT2D eigenvalue weighted by molar-refractivity contribution is 8.12. The summed E-state index contributed by atoms with van der Waals surface area (Å²) in [4.78, 5) is 2.37. The molecule has 0 saturated heterocycles. The molecule has 41 heavy (non-hydrogen) atoms. The molecule has 0 aromatic carbocycles. The van der Waals surface area contributed by atoms with Crippen LogP contribution in [0.2, 0.25) is 0 Å². The van der Waals surface area contributed by atoms with Gasteiger partial charge in [0.1, 0.15) is 0 Å². The fourth-order valence-corrected chi connectivity index (χ4v) is 5.68. The van der Waals surface area contributed by atoms with Crippen molar-refractivity contribution in [2.24, 2.45) is 5.10 Å². The number of hydrogen-bond acceptors (Lipinski definition) is 15. The van der Waals surface area contributed by atoms with Crippen molar-refractivity contribution in [3.8, 4) is 0 Å². The van der Waals surface area contributed by atoms with Gasteiger partial charge in [0.2, 0.25) is 10.4 Å². The second-order valence-electron chi connectivity index (χ2n) is 5.70. The molecule has 0 aromatic heterocycles. The second kappa shape index (κ2) is 18.6. The van der Waals surface area contributed by atoms with Crippen LogP contribution in [0, 0.1) is 6.57 Å². The zero-order valence-corrected chi connectivity index (χ0v) is 26.4. The first-order valence-electron chi connectivity index (χ1n) is 7.90. The summed E-state index contributed by atoms with van der Waals surface area (Å²) in [6.45, 7) is 5.84. The maximum absolute atomic E-state index is 11.4. The average Bonchev–Trinajstić information content (AvgIpc) is 2.54. The summed E-state index contributed by atoms with van der Waals surface area (Å²) in [6.07, 6.45) is 3.20. The molecule has 0 spiro atoms. The van der Waals surface area contributed by atoms with E-state index in [0.29, 0.717) is 18.8 Å². The van der Waals surface area contributed by atoms with Gasteiger partial charge >= 0.3 is 5.51 Å². The minimum absolute atomic E-state index is 0.246. The van der Waals surface area contributed by atoms with Crippen molar-refractivity contribution in [3.05, 3.63) is 34.0 Å². The number of hydrogen-bond donors (Lipinski definition) is 0. The summed E-state index contributed by atoms with van der Waals surface area (Å²) in [5.74, 6) is 0. The molecule has 0 heterocycles. The van der Waals surface area contributed by atoms with Crippen molar-refractivity contribution in [1.29, 1.82) is 0 Å². The van der Waals surface area contributed by atoms with Gasteiger partial charge in [-0.3, -0.25) is 0 Å². The van der Waals surface area contributed by atoms with E-state index in [4.69, 9.17) is 12.0 Å². The van der Waals surface area contributed by atoms with Crippen molar-refractivity contribution < 1.29 is 76.0 Å². The zero-order valence-electron chi connectivity index (χ0n) is 20.7. The lowest BCUT2D eigenvalue weighted by Gasteiger charge is -2.19. The third-order valence-electron chi connectivity index (χ3n) is 1.45. The third kappa shape index (κ3) is 54.8. The van der Waals surface area contributed by atoms with E-state index >= 15 is 0 Å². The molecular weight excluding hydrogens is 731 g/mol. The second-order valence-corrected chi connectivity index (χ2v) is 17.4. The van der Waals surface area contributed by atoms with Crippen LogP contribution in [0.1, 0.15) is 0 Å². The number of alkyl halides is 3. The van der Waals surface area contributed by atoms with Crippen molar-refractivity contribution >= 4 is 76.6 Å². The summed E-state index contributed by atoms with van der Waals surface area (Å²) < 4.78 is 193. The fraction of sp³-hybridized carbons (Fsp3) is 0.778. The highest BCUT2D eigenvalue weighted by atomic mass is 32.3. The molecule has 0 fully saturated rings. The highest BCUT2D eigenvalue weighted by Gasteiger charge is 2.39. The molecule has 0 amide bonds. The van der Waals surface area contributed by atoms with Gasteiger partial charge in [-0.25, -0.2) is 70.5 Å². The van der Waals surface area contributed by atoms with Crippen molar-refractivity contribution in [3.63, 3.8) is 0 Å². The molecule has 0 aliphatic carbocycles. The quantitative estimate of drug-likeness (QED) is 0.104. The van der Waals surface area contributed by atoms with E-state index in [0.717, 1.165) is 6.26 Å². The van der Waals surface area contributed by atoms with Crippen LogP contribution < -0.4 is 0 Å². The third-order valence-corrected chi connectivity index (χ3v) is 8.53. The highest BCUT2D eigenvalue weighted by Crippen LogP contribution is 2.29. The van der Waals surface area contributed by atoms with E-state index in [-0.39, 0.29) is 6.26 Å². The maximum Gasteiger partial charge on any atom is 0.480 e. The van der Waals surface area contributed by atoms with Gasteiger partial charge < -0.3 is 22.5 Å². The molecule has 248 valence electrons. The Morgan fingerprint density at radius 3 is 0.951 bits per heavy atom. The standard InChI is InChI=1S/C2H3F3NO4S2.C2N3.C2H6NO4S2.C2H6NO2S.CH3FNO4S2/c1-11(7,8)6-12(9,10)2(3,4)5;1-4-5-2-3;1-8(4,5)3-9(2,6)7;1-3-6(2,4)5;1-8(4,5)3-9(2,6)7/h1H3;;1-2H3;1-2H3;1H3/q5*-1. The maximum atomic E-state index is 11.4. The van der Waals surface area contributed by atoms with Gasteiger partial charge in [0.05, 0.1) is 50.1 Å². The minimum atomic E-state index is -5.92. The van der Waals surface area contributed by atoms with Gasteiger partial charge in [-0.2, -0.15) is 20.2 Å². The van der Waals surface area contributed by atoms with E-state index in [1.54, 1.807) is 4.13 Å². The van der Waals surface area contributed by atoms with E-state index in [2.05, 4.69) is 18.9 Å². The number of halogens is 4. The first kappa shape index (κ1) is 48.8. The molecular formula is C9H18F4N7O14S7-5. The Bertz CT molecular complexity index is 1570. The summed E-state index contributed by atoms with van der Waals surface area (Å²) in [6, 6.07) is 1.29. The summed E-state index contributed by atoms with van der Waals surface area (Å²) >= 11 is 0. The molecule has 0 atom stereocenters. The molecule has 0 radical (unpaired) electrons. The van der Waals surface area contributed by atoms with Gasteiger partial charge in [-0.05, 0) is 0 Å². The van der Waals surface area contributed by atoms with Gasteiger partial charge in [-0.15, -0.1) is 3.89 Å². The molecule has 0 unspecified atom stereocenters. The zero-order chi connectivity index (χ0) is 34.9. The van der Waals surface area contributed by atoms with Gasteiger partial charge in [0.15, 0.2) is 10.0 Å². The van der Waals surface area contributed by atoms with Crippen molar-refractivity contribution in [1.82, 2.24) is 0 Å². The number of sulfonamides is 6. The van der Waals surface area contributed by atoms with Crippen LogP contribution in [-0.4, -0.2) is 109 Å². The molecule has 0 aliphatic rings. The van der Waals surface area contributed by atoms with E-state index in [1.807, 2.05) is 4.13 Å². The van der Waals surface area contributed by atoms with Crippen molar-refractivity contribution in [2.45, 2.75) is 5.51 Å². The Labute approximate surface area is 234 Å². The fourth-order valence-electron chi connectivity index (χ4n) is 0.651. The monoisotopic (exact) mass is 748 g/mol. The Hall–Kier alpha value is -1.92. The average molecular weight is 749 g/mol. The Morgan fingerprint density at radius 1 is 0.659 bits per heavy atom. The van der Waals surface area contributed by atoms with Gasteiger partial charge in [-0.1, -0.05) is 11.1 Å². The van der Waals surface area contributed by atoms with Crippen molar-refractivity contribution in [2.75, 3.05) is 38.3 Å². The normalized spacial score (nSPS) is 12.4. The van der Waals surface area contributed by atoms with E-state index in [9.17, 15) is 76.0 Å². The lowest BCUT2D eigenvalue weighted by atomic mass is 11.5. The van der Waals surface area contributed by atoms with Crippen LogP contribution in [0.15, 0.2) is 5.10 Å². The predicted molar refractivity (Wildman–Crippen MR) is 136 cm³/mol. The summed E-state index contributed by atoms with van der Waals surface area (Å²) in [5.41, 5.74) is -5.67. The van der Waals surface area contributed by atoms with Crippen LogP contribution in [0.4, 0.5) is 17.1 Å². The molecule has 0 N–H and O–H groups in total. The molecule has 0 aliphatic heterocycles. The van der Waals surface area contributed by atoms with Crippen LogP contribution in [0.25, 0.3) is 27.5 Å². The predicted octanol–water partition coefficient (Wildman–Crippen LogP) is -0.504. The lowest BCUT2D eigenvalue weighted by Crippen LogP contribution is -2.23. The summed E-state index contributed by atoms with van der Waals surface area (Å²) in [7, 11) is -29.1. The largest absolute Gasteiger partial charge is 0.552 e. The van der Waals surface area contributed by atoms with Gasteiger partial charge in [0, 0.05) is 31.3 Å². The van der Waals surface area contributed by atoms with Crippen LogP contribution in [-0.2, 0) is 70.5 Å². The number of rotatable bonds is 7. The van der Waals surface area contributed by atoms with Crippen LogP contribution >= 0.6 is 0 Å². The van der Waals surface area contributed by atoms with Crippen LogP contribution in [0.5, 0.6) is 0 Å². The molecule has 0 saturated carbocycles. The first-order chi connectivity index (χ1) is 17.3. The number of nitrogens with zero attached hydrogens (tertiary/aromatic N) is 7. The Balaban J connectivity index is -0.000000136. The Morgan fingerprint density at radius 2 is 0.927 bits per heavy atom. The minimum Gasteiger partial charge on any atom is -0.552 e. The van der Waals surface area contributed by atoms with Crippen LogP contribution in [0.3, 0.4) is 0 Å². The van der Waals surface area contributed by atoms with Gasteiger partial charge in [0.25, 0.3) is 0 Å². The molecule has 0 bridgehead atoms. The first-order valence-corrected chi connectivity index (χ1v) is 19.9. The Kier molecular flexibility index (Phi) is 22.1. The molecule has 0 aromatic rings. The van der Waals surface area contributed by atoms with E-state index < -0.39 is 76.1 Å². The SMILES string of the molecule is CS(=O)(=O)[N-]S(=O)(=O)C(F)(F)F.CS(=O)(=O)[N-]S(=O)(=O)F.CS(=O)(=O)[N-]S(C)(=O)=O.C[N-]S(C)(=O)=O.[C-]#[N+]N=C=[N-]. The molecule has 0 rings (SSSR count). The molecule has 32 heteroatoms. The lowest BCUT2D eigenvalue weighted by molar-refractivity contribution is -0.0425. The topological polar surface area (TPSA) is 334 Å². The molecule has 21 nitrogen and oxygen atoms in total.